The molecule has 0 fully saturated rings. The van der Waals surface area contributed by atoms with E-state index in [4.69, 9.17) is 4.52 Å². The van der Waals surface area contributed by atoms with Gasteiger partial charge in [0.25, 0.3) is 5.91 Å². The van der Waals surface area contributed by atoms with Gasteiger partial charge in [0.15, 0.2) is 5.76 Å². The number of hydrogen-bond donors (Lipinski definition) is 0. The van der Waals surface area contributed by atoms with Gasteiger partial charge in [0, 0.05) is 55.2 Å². The van der Waals surface area contributed by atoms with Crippen LogP contribution in [0.3, 0.4) is 0 Å². The van der Waals surface area contributed by atoms with Crippen LogP contribution in [0.25, 0.3) is 22.2 Å². The van der Waals surface area contributed by atoms with Crippen LogP contribution in [0.4, 0.5) is 0 Å². The molecular formula is C20H18N4O2. The summed E-state index contributed by atoms with van der Waals surface area (Å²) in [5, 5.41) is 5.03. The first kappa shape index (κ1) is 16.1. The summed E-state index contributed by atoms with van der Waals surface area (Å²) in [6.07, 6.45) is 5.28. The van der Waals surface area contributed by atoms with Gasteiger partial charge in [-0.15, -0.1) is 0 Å². The Labute approximate surface area is 150 Å². The Morgan fingerprint density at radius 1 is 1.19 bits per heavy atom. The second kappa shape index (κ2) is 6.48. The molecule has 3 heterocycles. The van der Waals surface area contributed by atoms with Gasteiger partial charge >= 0.3 is 0 Å². The molecule has 1 aromatic carbocycles. The van der Waals surface area contributed by atoms with E-state index in [0.717, 1.165) is 22.2 Å². The lowest BCUT2D eigenvalue weighted by Gasteiger charge is -2.14. The van der Waals surface area contributed by atoms with Gasteiger partial charge in [-0.2, -0.15) is 0 Å². The minimum absolute atomic E-state index is 0.0522. The minimum atomic E-state index is -0.0522. The molecular weight excluding hydrogens is 328 g/mol. The molecule has 6 heteroatoms. The number of para-hydroxylation sites is 1. The lowest BCUT2D eigenvalue weighted by molar-refractivity contribution is 0.0774. The number of carbonyl (C=O) groups excluding carboxylic acids is 1. The quantitative estimate of drug-likeness (QED) is 0.567. The van der Waals surface area contributed by atoms with Crippen LogP contribution in [0.15, 0.2) is 65.6 Å². The summed E-state index contributed by atoms with van der Waals surface area (Å²) in [6, 6.07) is 13.5. The smallest absolute Gasteiger partial charge is 0.256 e. The van der Waals surface area contributed by atoms with Gasteiger partial charge in [-0.1, -0.05) is 23.4 Å². The highest BCUT2D eigenvalue weighted by Gasteiger charge is 2.19. The van der Waals surface area contributed by atoms with Crippen molar-refractivity contribution in [2.45, 2.75) is 6.54 Å². The molecule has 4 rings (SSSR count). The van der Waals surface area contributed by atoms with E-state index < -0.39 is 0 Å². The van der Waals surface area contributed by atoms with E-state index in [0.29, 0.717) is 17.9 Å². The maximum atomic E-state index is 12.9. The van der Waals surface area contributed by atoms with Crippen molar-refractivity contribution in [3.8, 4) is 11.3 Å². The Morgan fingerprint density at radius 3 is 2.77 bits per heavy atom. The maximum absolute atomic E-state index is 12.9. The topological polar surface area (TPSA) is 64.2 Å². The predicted octanol–water partition coefficient (Wildman–Crippen LogP) is 3.50. The van der Waals surface area contributed by atoms with E-state index in [1.165, 1.54) is 0 Å². The predicted molar refractivity (Wildman–Crippen MR) is 98.5 cm³/mol. The molecule has 6 nitrogen and oxygen atoms in total. The van der Waals surface area contributed by atoms with Crippen molar-refractivity contribution in [2.75, 3.05) is 7.05 Å². The van der Waals surface area contributed by atoms with Crippen LogP contribution in [0.5, 0.6) is 0 Å². The van der Waals surface area contributed by atoms with Crippen LogP contribution < -0.4 is 0 Å². The van der Waals surface area contributed by atoms with Crippen molar-refractivity contribution in [2.24, 2.45) is 7.05 Å². The lowest BCUT2D eigenvalue weighted by atomic mass is 10.1. The molecule has 0 aliphatic rings. The van der Waals surface area contributed by atoms with Crippen LogP contribution in [-0.4, -0.2) is 32.6 Å². The summed E-state index contributed by atoms with van der Waals surface area (Å²) >= 11 is 0. The Balaban J connectivity index is 1.55. The summed E-state index contributed by atoms with van der Waals surface area (Å²) in [5.41, 5.74) is 3.37. The molecule has 1 amide bonds. The number of rotatable bonds is 4. The number of hydrogen-bond acceptors (Lipinski definition) is 4. The van der Waals surface area contributed by atoms with Gasteiger partial charge in [-0.3, -0.25) is 9.78 Å². The van der Waals surface area contributed by atoms with Crippen LogP contribution in [0, 0.1) is 0 Å². The van der Waals surface area contributed by atoms with Crippen molar-refractivity contribution in [1.29, 1.82) is 0 Å². The molecule has 0 bridgehead atoms. The van der Waals surface area contributed by atoms with E-state index in [-0.39, 0.29) is 5.91 Å². The second-order valence-electron chi connectivity index (χ2n) is 6.25. The number of amides is 1. The number of pyridine rings is 1. The molecule has 130 valence electrons. The van der Waals surface area contributed by atoms with Crippen LogP contribution in [0.2, 0.25) is 0 Å². The minimum Gasteiger partial charge on any atom is -0.359 e. The fraction of sp³-hybridized carbons (Fsp3) is 0.150. The maximum Gasteiger partial charge on any atom is 0.256 e. The van der Waals surface area contributed by atoms with Crippen LogP contribution in [0.1, 0.15) is 16.1 Å². The molecule has 0 atom stereocenters. The highest BCUT2D eigenvalue weighted by atomic mass is 16.5. The van der Waals surface area contributed by atoms with Gasteiger partial charge in [0.2, 0.25) is 0 Å². The van der Waals surface area contributed by atoms with Crippen molar-refractivity contribution in [3.63, 3.8) is 0 Å². The molecule has 0 saturated heterocycles. The number of carbonyl (C=O) groups is 1. The monoisotopic (exact) mass is 346 g/mol. The third-order valence-corrected chi connectivity index (χ3v) is 4.40. The largest absolute Gasteiger partial charge is 0.359 e. The molecule has 0 spiro atoms. The SMILES string of the molecule is CN(Cc1cc(-c2ccncc2)no1)C(=O)c1cn(C)c2ccccc12. The highest BCUT2D eigenvalue weighted by Crippen LogP contribution is 2.23. The van der Waals surface area contributed by atoms with Crippen LogP contribution >= 0.6 is 0 Å². The van der Waals surface area contributed by atoms with Gasteiger partial charge in [0.05, 0.1) is 12.1 Å². The summed E-state index contributed by atoms with van der Waals surface area (Å²) in [5.74, 6) is 0.580. The van der Waals surface area contributed by atoms with E-state index in [1.54, 1.807) is 24.3 Å². The molecule has 0 N–H and O–H groups in total. The molecule has 0 saturated carbocycles. The normalized spacial score (nSPS) is 11.0. The Kier molecular flexibility index (Phi) is 4.01. The molecule has 0 aliphatic carbocycles. The molecule has 0 radical (unpaired) electrons. The van der Waals surface area contributed by atoms with Crippen molar-refractivity contribution in [3.05, 3.63) is 72.4 Å². The zero-order valence-corrected chi connectivity index (χ0v) is 14.6. The molecule has 26 heavy (non-hydrogen) atoms. The van der Waals surface area contributed by atoms with Gasteiger partial charge in [-0.25, -0.2) is 0 Å². The van der Waals surface area contributed by atoms with Crippen molar-refractivity contribution in [1.82, 2.24) is 19.6 Å². The van der Waals surface area contributed by atoms with Crippen LogP contribution in [-0.2, 0) is 13.6 Å². The second-order valence-corrected chi connectivity index (χ2v) is 6.25. The Hall–Kier alpha value is -3.41. The standard InChI is InChI=1S/C20H18N4O2/c1-23-13-17(16-5-3-4-6-19(16)23)20(25)24(2)12-15-11-18(22-26-15)14-7-9-21-10-8-14/h3-11,13H,12H2,1-2H3. The first-order chi connectivity index (χ1) is 12.6. The Bertz CT molecular complexity index is 1070. The summed E-state index contributed by atoms with van der Waals surface area (Å²) in [4.78, 5) is 18.5. The molecule has 3 aromatic heterocycles. The zero-order valence-electron chi connectivity index (χ0n) is 14.6. The summed E-state index contributed by atoms with van der Waals surface area (Å²) < 4.78 is 7.36. The average Bonchev–Trinajstić information content (AvgIpc) is 3.27. The number of aryl methyl sites for hydroxylation is 1. The van der Waals surface area contributed by atoms with E-state index >= 15 is 0 Å². The highest BCUT2D eigenvalue weighted by molar-refractivity contribution is 6.06. The number of fused-ring (bicyclic) bond motifs is 1. The van der Waals surface area contributed by atoms with E-state index in [1.807, 2.05) is 60.3 Å². The average molecular weight is 346 g/mol. The van der Waals surface area contributed by atoms with Gasteiger partial charge < -0.3 is 14.0 Å². The van der Waals surface area contributed by atoms with E-state index in [2.05, 4.69) is 10.1 Å². The number of benzene rings is 1. The summed E-state index contributed by atoms with van der Waals surface area (Å²) in [7, 11) is 3.70. The zero-order chi connectivity index (χ0) is 18.1. The lowest BCUT2D eigenvalue weighted by Crippen LogP contribution is -2.25. The first-order valence-electron chi connectivity index (χ1n) is 8.29. The van der Waals surface area contributed by atoms with Crippen molar-refractivity contribution >= 4 is 16.8 Å². The number of aromatic nitrogens is 3. The Morgan fingerprint density at radius 2 is 1.96 bits per heavy atom. The number of nitrogens with zero attached hydrogens (tertiary/aromatic N) is 4. The third kappa shape index (κ3) is 2.86. The summed E-state index contributed by atoms with van der Waals surface area (Å²) in [6.45, 7) is 0.347. The fourth-order valence-electron chi connectivity index (χ4n) is 3.07. The first-order valence-corrected chi connectivity index (χ1v) is 8.29. The van der Waals surface area contributed by atoms with Crippen molar-refractivity contribution < 1.29 is 9.32 Å². The molecule has 4 aromatic rings. The molecule has 0 unspecified atom stereocenters. The van der Waals surface area contributed by atoms with Gasteiger partial charge in [0.1, 0.15) is 5.69 Å². The van der Waals surface area contributed by atoms with Gasteiger partial charge in [-0.05, 0) is 18.2 Å². The third-order valence-electron chi connectivity index (χ3n) is 4.40. The van der Waals surface area contributed by atoms with E-state index in [9.17, 15) is 4.79 Å². The molecule has 0 aliphatic heterocycles. The fourth-order valence-corrected chi connectivity index (χ4v) is 3.07.